The Labute approximate surface area is 219 Å². The number of hydrogen-bond acceptors (Lipinski definition) is 3. The zero-order valence-corrected chi connectivity index (χ0v) is 20.6. The summed E-state index contributed by atoms with van der Waals surface area (Å²) >= 11 is 0. The van der Waals surface area contributed by atoms with Gasteiger partial charge in [-0.05, 0) is 12.8 Å². The molecule has 1 aromatic carbocycles. The van der Waals surface area contributed by atoms with Crippen LogP contribution in [0.15, 0.2) is 12.1 Å². The molecule has 0 unspecified atom stereocenters. The van der Waals surface area contributed by atoms with Crippen molar-refractivity contribution in [2.45, 2.75) is 73.8 Å². The van der Waals surface area contributed by atoms with E-state index in [4.69, 9.17) is 14.2 Å². The molecule has 1 rings (SSSR count). The van der Waals surface area contributed by atoms with Crippen LogP contribution in [0.1, 0.15) is 25.3 Å². The highest BCUT2D eigenvalue weighted by molar-refractivity contribution is 5.50. The maximum Gasteiger partial charge on any atom is 0.460 e. The number of halogens is 17. The van der Waals surface area contributed by atoms with Gasteiger partial charge in [0.1, 0.15) is 17.2 Å². The average Bonchev–Trinajstić information content (AvgIpc) is 2.84. The van der Waals surface area contributed by atoms with Crippen LogP contribution in [0, 0.1) is 0 Å². The van der Waals surface area contributed by atoms with Crippen molar-refractivity contribution in [3.8, 4) is 17.2 Å². The van der Waals surface area contributed by atoms with Gasteiger partial charge in [-0.3, -0.25) is 0 Å². The molecule has 0 aliphatic heterocycles. The van der Waals surface area contributed by atoms with E-state index in [9.17, 15) is 74.6 Å². The summed E-state index contributed by atoms with van der Waals surface area (Å²) < 4.78 is 241. The predicted molar refractivity (Wildman–Crippen MR) is 104 cm³/mol. The van der Waals surface area contributed by atoms with Gasteiger partial charge in [-0.15, -0.1) is 0 Å². The second-order valence-electron chi connectivity index (χ2n) is 8.26. The molecule has 0 N–H and O–H groups in total. The molecule has 0 bridgehead atoms. The zero-order valence-electron chi connectivity index (χ0n) is 20.6. The van der Waals surface area contributed by atoms with Gasteiger partial charge in [-0.25, -0.2) is 0 Å². The van der Waals surface area contributed by atoms with Crippen LogP contribution < -0.4 is 14.2 Å². The average molecular weight is 642 g/mol. The summed E-state index contributed by atoms with van der Waals surface area (Å²) in [6.07, 6.45) is -11.5. The summed E-state index contributed by atoms with van der Waals surface area (Å²) in [7, 11) is 2.39. The maximum absolute atomic E-state index is 14.0. The third-order valence-corrected chi connectivity index (χ3v) is 5.63. The van der Waals surface area contributed by atoms with Crippen molar-refractivity contribution in [2.75, 3.05) is 20.8 Å². The van der Waals surface area contributed by atoms with Crippen LogP contribution in [0.5, 0.6) is 17.2 Å². The summed E-state index contributed by atoms with van der Waals surface area (Å²) in [5, 5.41) is 0. The molecular weight excluding hydrogens is 623 g/mol. The minimum Gasteiger partial charge on any atom is -0.496 e. The predicted octanol–water partition coefficient (Wildman–Crippen LogP) is 8.43. The fourth-order valence-corrected chi connectivity index (χ4v) is 3.23. The van der Waals surface area contributed by atoms with Crippen LogP contribution in [0.3, 0.4) is 0 Å². The van der Waals surface area contributed by atoms with E-state index in [0.29, 0.717) is 12.0 Å². The van der Waals surface area contributed by atoms with E-state index >= 15 is 0 Å². The Kier molecular flexibility index (Phi) is 10.0. The van der Waals surface area contributed by atoms with Crippen LogP contribution in [-0.2, 0) is 6.42 Å². The largest absolute Gasteiger partial charge is 0.496 e. The minimum atomic E-state index is -8.64. The van der Waals surface area contributed by atoms with Gasteiger partial charge >= 0.3 is 47.6 Å². The molecule has 0 atom stereocenters. The van der Waals surface area contributed by atoms with E-state index in [-0.39, 0.29) is 17.2 Å². The monoisotopic (exact) mass is 642 g/mol. The number of methoxy groups -OCH3 is 2. The van der Waals surface area contributed by atoms with Crippen molar-refractivity contribution in [3.05, 3.63) is 17.7 Å². The SMILES string of the molecule is CCc1c(OC)cc(OCCCC(F)(F)C(F)(F)C(F)(F)C(F)(F)C(F)(F)C(F)(F)C(F)(F)C(F)(F)F)cc1OC. The van der Waals surface area contributed by atoms with E-state index in [1.54, 1.807) is 6.92 Å². The third-order valence-electron chi connectivity index (χ3n) is 5.63. The fourth-order valence-electron chi connectivity index (χ4n) is 3.23. The van der Waals surface area contributed by atoms with Gasteiger partial charge < -0.3 is 14.2 Å². The summed E-state index contributed by atoms with van der Waals surface area (Å²) in [5.41, 5.74) is 0.479. The lowest BCUT2D eigenvalue weighted by Crippen LogP contribution is -2.74. The van der Waals surface area contributed by atoms with Gasteiger partial charge in [0.2, 0.25) is 0 Å². The van der Waals surface area contributed by atoms with Crippen LogP contribution in [0.25, 0.3) is 0 Å². The molecule has 41 heavy (non-hydrogen) atoms. The van der Waals surface area contributed by atoms with Crippen molar-refractivity contribution < 1.29 is 88.8 Å². The van der Waals surface area contributed by atoms with Gasteiger partial charge in [0.15, 0.2) is 0 Å². The number of alkyl halides is 17. The van der Waals surface area contributed by atoms with Crippen molar-refractivity contribution in [2.24, 2.45) is 0 Å². The highest BCUT2D eigenvalue weighted by Gasteiger charge is 2.95. The van der Waals surface area contributed by atoms with Crippen molar-refractivity contribution in [1.82, 2.24) is 0 Å². The van der Waals surface area contributed by atoms with E-state index < -0.39 is 67.1 Å². The van der Waals surface area contributed by atoms with Gasteiger partial charge in [0, 0.05) is 24.1 Å². The Morgan fingerprint density at radius 2 is 0.927 bits per heavy atom. The maximum atomic E-state index is 14.0. The van der Waals surface area contributed by atoms with E-state index in [2.05, 4.69) is 0 Å². The number of hydrogen-bond donors (Lipinski definition) is 0. The van der Waals surface area contributed by atoms with Crippen molar-refractivity contribution in [3.63, 3.8) is 0 Å². The summed E-state index contributed by atoms with van der Waals surface area (Å²) in [4.78, 5) is 0. The summed E-state index contributed by atoms with van der Waals surface area (Å²) in [5.74, 6) is -56.4. The fraction of sp³-hybridized carbons (Fsp3) is 0.714. The number of benzene rings is 1. The molecule has 0 saturated heterocycles. The Morgan fingerprint density at radius 3 is 1.27 bits per heavy atom. The van der Waals surface area contributed by atoms with Gasteiger partial charge in [0.05, 0.1) is 20.8 Å². The molecule has 0 aromatic heterocycles. The molecule has 0 aliphatic carbocycles. The molecule has 0 spiro atoms. The quantitative estimate of drug-likeness (QED) is 0.151. The molecule has 0 aliphatic rings. The highest BCUT2D eigenvalue weighted by atomic mass is 19.4. The van der Waals surface area contributed by atoms with Crippen LogP contribution in [-0.4, -0.2) is 68.5 Å². The van der Waals surface area contributed by atoms with E-state index in [0.717, 1.165) is 12.1 Å². The Morgan fingerprint density at radius 1 is 0.561 bits per heavy atom. The smallest absolute Gasteiger partial charge is 0.460 e. The lowest BCUT2D eigenvalue weighted by molar-refractivity contribution is -0.461. The van der Waals surface area contributed by atoms with E-state index in [1.165, 1.54) is 14.2 Å². The molecule has 20 heteroatoms. The second kappa shape index (κ2) is 11.3. The first kappa shape index (κ1) is 36.5. The summed E-state index contributed by atoms with van der Waals surface area (Å²) in [6.45, 7) is 0.596. The van der Waals surface area contributed by atoms with Crippen LogP contribution in [0.4, 0.5) is 74.6 Å². The normalized spacial score (nSPS) is 14.7. The lowest BCUT2D eigenvalue weighted by atomic mass is 9.88. The van der Waals surface area contributed by atoms with Gasteiger partial charge in [-0.1, -0.05) is 6.92 Å². The molecule has 1 aromatic rings. The second-order valence-corrected chi connectivity index (χ2v) is 8.26. The Balaban J connectivity index is 3.25. The first-order chi connectivity index (χ1) is 18.2. The summed E-state index contributed by atoms with van der Waals surface area (Å²) in [6, 6.07) is 2.28. The van der Waals surface area contributed by atoms with Gasteiger partial charge in [0.25, 0.3) is 0 Å². The van der Waals surface area contributed by atoms with E-state index in [1.807, 2.05) is 0 Å². The molecule has 0 fully saturated rings. The Hall–Kier alpha value is -2.57. The lowest BCUT2D eigenvalue weighted by Gasteiger charge is -2.42. The first-order valence-corrected chi connectivity index (χ1v) is 10.7. The standard InChI is InChI=1S/C21H19F17O3/c1-4-11-12(39-2)8-10(9-13(11)40-3)41-7-5-6-14(22,23)15(24,25)16(26,27)17(28,29)18(30,31)19(32,33)20(34,35)21(36,37)38/h8-9H,4-7H2,1-3H3. The van der Waals surface area contributed by atoms with Crippen LogP contribution in [0.2, 0.25) is 0 Å². The molecular formula is C21H19F17O3. The first-order valence-electron chi connectivity index (χ1n) is 10.7. The number of rotatable bonds is 14. The molecule has 3 nitrogen and oxygen atoms in total. The zero-order chi connectivity index (χ0) is 32.7. The van der Waals surface area contributed by atoms with Crippen molar-refractivity contribution >= 4 is 0 Å². The van der Waals surface area contributed by atoms with Gasteiger partial charge in [-0.2, -0.15) is 74.6 Å². The highest BCUT2D eigenvalue weighted by Crippen LogP contribution is 2.64. The Bertz CT molecular complexity index is 1030. The molecule has 240 valence electrons. The minimum absolute atomic E-state index is 0.120. The van der Waals surface area contributed by atoms with Crippen molar-refractivity contribution in [1.29, 1.82) is 0 Å². The third kappa shape index (κ3) is 5.75. The molecule has 0 saturated carbocycles. The molecule has 0 heterocycles. The molecule has 0 radical (unpaired) electrons. The van der Waals surface area contributed by atoms with Crippen LogP contribution >= 0.6 is 0 Å². The topological polar surface area (TPSA) is 27.7 Å². The number of ether oxygens (including phenoxy) is 3. The molecule has 0 amide bonds.